The van der Waals surface area contributed by atoms with E-state index in [0.717, 1.165) is 10.8 Å². The first-order chi connectivity index (χ1) is 14.1. The Labute approximate surface area is 168 Å². The largest absolute Gasteiger partial charge is 0.478 e. The Morgan fingerprint density at radius 1 is 0.759 bits per heavy atom. The molecule has 148 valence electrons. The second-order valence-corrected chi connectivity index (χ2v) is 5.68. The molecule has 29 heavy (non-hydrogen) atoms. The fraction of sp³-hybridized carbons (Fsp3) is 0.0870. The van der Waals surface area contributed by atoms with Crippen molar-refractivity contribution in [3.63, 3.8) is 0 Å². The van der Waals surface area contributed by atoms with Crippen molar-refractivity contribution in [2.45, 2.75) is 0 Å². The van der Waals surface area contributed by atoms with E-state index in [0.29, 0.717) is 16.7 Å². The molecular formula is C23H20O6. The van der Waals surface area contributed by atoms with Gasteiger partial charge in [0.25, 0.3) is 0 Å². The third kappa shape index (κ3) is 5.52. The van der Waals surface area contributed by atoms with Crippen molar-refractivity contribution in [1.29, 1.82) is 0 Å². The summed E-state index contributed by atoms with van der Waals surface area (Å²) in [4.78, 5) is 33.3. The predicted molar refractivity (Wildman–Crippen MR) is 109 cm³/mol. The highest BCUT2D eigenvalue weighted by atomic mass is 16.6. The van der Waals surface area contributed by atoms with E-state index in [2.05, 4.69) is 13.2 Å². The molecule has 2 bridgehead atoms. The normalized spacial score (nSPS) is 12.4. The first kappa shape index (κ1) is 21.4. The SMILES string of the molecule is C=C.O=C(O)c1cccc2ccccc12.O=C1OCCOC(=O)c2ccc1cc2. The number of hydrogen-bond donors (Lipinski definition) is 1. The highest BCUT2D eigenvalue weighted by molar-refractivity contribution is 6.03. The summed E-state index contributed by atoms with van der Waals surface area (Å²) in [6.45, 7) is 6.20. The third-order valence-corrected chi connectivity index (χ3v) is 3.93. The highest BCUT2D eigenvalue weighted by Crippen LogP contribution is 2.18. The van der Waals surface area contributed by atoms with Crippen molar-refractivity contribution in [2.24, 2.45) is 0 Å². The number of carbonyl (C=O) groups excluding carboxylic acids is 2. The summed E-state index contributed by atoms with van der Waals surface area (Å²) in [6, 6.07) is 18.9. The van der Waals surface area contributed by atoms with Crippen LogP contribution in [-0.2, 0) is 9.47 Å². The van der Waals surface area contributed by atoms with Gasteiger partial charge in [-0.2, -0.15) is 0 Å². The van der Waals surface area contributed by atoms with E-state index in [1.807, 2.05) is 30.3 Å². The van der Waals surface area contributed by atoms with Gasteiger partial charge in [-0.25, -0.2) is 14.4 Å². The van der Waals surface area contributed by atoms with Crippen LogP contribution in [0.3, 0.4) is 0 Å². The summed E-state index contributed by atoms with van der Waals surface area (Å²) in [5, 5.41) is 10.6. The van der Waals surface area contributed by atoms with Gasteiger partial charge in [0.2, 0.25) is 0 Å². The van der Waals surface area contributed by atoms with Gasteiger partial charge in [-0.3, -0.25) is 0 Å². The summed E-state index contributed by atoms with van der Waals surface area (Å²) >= 11 is 0. The van der Waals surface area contributed by atoms with Crippen LogP contribution in [0.1, 0.15) is 31.1 Å². The minimum absolute atomic E-state index is 0.100. The first-order valence-corrected chi connectivity index (χ1v) is 8.71. The molecule has 6 heteroatoms. The van der Waals surface area contributed by atoms with Crippen LogP contribution in [0.25, 0.3) is 10.8 Å². The van der Waals surface area contributed by atoms with Gasteiger partial charge in [0.15, 0.2) is 0 Å². The van der Waals surface area contributed by atoms with Crippen LogP contribution in [0.2, 0.25) is 0 Å². The lowest BCUT2D eigenvalue weighted by Gasteiger charge is -2.09. The van der Waals surface area contributed by atoms with Crippen molar-refractivity contribution in [3.8, 4) is 0 Å². The van der Waals surface area contributed by atoms with Gasteiger partial charge in [0.1, 0.15) is 13.2 Å². The summed E-state index contributed by atoms with van der Waals surface area (Å²) in [7, 11) is 0. The molecule has 6 nitrogen and oxygen atoms in total. The average Bonchev–Trinajstić information content (AvgIpc) is 2.77. The zero-order valence-electron chi connectivity index (χ0n) is 15.7. The van der Waals surface area contributed by atoms with Gasteiger partial charge in [-0.05, 0) is 41.1 Å². The Morgan fingerprint density at radius 3 is 1.76 bits per heavy atom. The van der Waals surface area contributed by atoms with Crippen LogP contribution in [0.4, 0.5) is 0 Å². The van der Waals surface area contributed by atoms with E-state index in [-0.39, 0.29) is 13.2 Å². The summed E-state index contributed by atoms with van der Waals surface area (Å²) in [5.41, 5.74) is 1.25. The Balaban J connectivity index is 0.000000191. The molecule has 0 atom stereocenters. The average molecular weight is 392 g/mol. The number of benzene rings is 3. The number of carboxylic acids is 1. The number of ether oxygens (including phenoxy) is 2. The molecule has 3 aromatic carbocycles. The van der Waals surface area contributed by atoms with Gasteiger partial charge < -0.3 is 14.6 Å². The lowest BCUT2D eigenvalue weighted by Crippen LogP contribution is -2.16. The first-order valence-electron chi connectivity index (χ1n) is 8.71. The lowest BCUT2D eigenvalue weighted by atomic mass is 10.1. The Kier molecular flexibility index (Phi) is 7.68. The number of aromatic carboxylic acids is 1. The molecular weight excluding hydrogens is 372 g/mol. The maximum atomic E-state index is 11.3. The molecule has 0 aliphatic carbocycles. The quantitative estimate of drug-likeness (QED) is 0.489. The fourth-order valence-electron chi connectivity index (χ4n) is 2.59. The smallest absolute Gasteiger partial charge is 0.338 e. The maximum absolute atomic E-state index is 11.3. The molecule has 0 radical (unpaired) electrons. The molecule has 1 N–H and O–H groups in total. The standard InChI is InChI=1S/C11H8O2.C10H8O4.C2H4/c12-11(13)10-7-3-5-8-4-1-2-6-9(8)10;11-9-7-1-2-8(4-3-7)10(12)14-6-5-13-9;1-2/h1-7H,(H,12,13);1-4H,5-6H2;1-2H2. The zero-order chi connectivity index (χ0) is 21.2. The van der Waals surface area contributed by atoms with Gasteiger partial charge in [-0.15, -0.1) is 13.2 Å². The number of hydrogen-bond acceptors (Lipinski definition) is 5. The number of carboxylic acid groups (broad SMARTS) is 1. The molecule has 2 aliphatic heterocycles. The van der Waals surface area contributed by atoms with Crippen molar-refractivity contribution in [2.75, 3.05) is 13.2 Å². The van der Waals surface area contributed by atoms with E-state index in [1.54, 1.807) is 36.4 Å². The molecule has 0 spiro atoms. The molecule has 2 aliphatic rings. The van der Waals surface area contributed by atoms with Crippen LogP contribution >= 0.6 is 0 Å². The summed E-state index contributed by atoms with van der Waals surface area (Å²) < 4.78 is 9.66. The Bertz CT molecular complexity index is 965. The van der Waals surface area contributed by atoms with Crippen LogP contribution in [0.5, 0.6) is 0 Å². The number of carbonyl (C=O) groups is 3. The zero-order valence-corrected chi connectivity index (χ0v) is 15.7. The van der Waals surface area contributed by atoms with Crippen LogP contribution in [0, 0.1) is 0 Å². The molecule has 5 rings (SSSR count). The van der Waals surface area contributed by atoms with Crippen molar-refractivity contribution < 1.29 is 29.0 Å². The van der Waals surface area contributed by atoms with Gasteiger partial charge >= 0.3 is 17.9 Å². The number of rotatable bonds is 1. The molecule has 0 saturated carbocycles. The van der Waals surface area contributed by atoms with Gasteiger partial charge in [0.05, 0.1) is 16.7 Å². The van der Waals surface area contributed by atoms with E-state index in [1.165, 1.54) is 0 Å². The van der Waals surface area contributed by atoms with Crippen molar-refractivity contribution >= 4 is 28.7 Å². The number of fused-ring (bicyclic) bond motifs is 8. The van der Waals surface area contributed by atoms with Crippen LogP contribution in [0.15, 0.2) is 79.9 Å². The van der Waals surface area contributed by atoms with E-state index in [4.69, 9.17) is 14.6 Å². The molecule has 0 saturated heterocycles. The molecule has 3 aromatic rings. The second-order valence-electron chi connectivity index (χ2n) is 5.68. The van der Waals surface area contributed by atoms with E-state index < -0.39 is 17.9 Å². The lowest BCUT2D eigenvalue weighted by molar-refractivity contribution is 0.0260. The minimum atomic E-state index is -0.878. The van der Waals surface area contributed by atoms with Gasteiger partial charge in [0, 0.05) is 0 Å². The fourth-order valence-corrected chi connectivity index (χ4v) is 2.59. The van der Waals surface area contributed by atoms with E-state index >= 15 is 0 Å². The molecule has 0 aromatic heterocycles. The highest BCUT2D eigenvalue weighted by Gasteiger charge is 2.13. The van der Waals surface area contributed by atoms with Crippen molar-refractivity contribution in [1.82, 2.24) is 0 Å². The van der Waals surface area contributed by atoms with Crippen LogP contribution < -0.4 is 0 Å². The molecule has 0 amide bonds. The Hall–Kier alpha value is -3.93. The topological polar surface area (TPSA) is 89.9 Å². The summed E-state index contributed by atoms with van der Waals surface area (Å²) in [6.07, 6.45) is 0. The maximum Gasteiger partial charge on any atom is 0.338 e. The van der Waals surface area contributed by atoms with Gasteiger partial charge in [-0.1, -0.05) is 36.4 Å². The Morgan fingerprint density at radius 2 is 1.24 bits per heavy atom. The third-order valence-electron chi connectivity index (χ3n) is 3.93. The molecule has 0 unspecified atom stereocenters. The second kappa shape index (κ2) is 10.4. The predicted octanol–water partition coefficient (Wildman–Crippen LogP) is 4.35. The molecule has 0 fully saturated rings. The summed E-state index contributed by atoms with van der Waals surface area (Å²) in [5.74, 6) is -1.67. The minimum Gasteiger partial charge on any atom is -0.478 e. The molecule has 2 heterocycles. The van der Waals surface area contributed by atoms with Crippen LogP contribution in [-0.4, -0.2) is 36.2 Å². The monoisotopic (exact) mass is 392 g/mol. The van der Waals surface area contributed by atoms with Crippen molar-refractivity contribution in [3.05, 3.63) is 96.6 Å². The number of esters is 2. The van der Waals surface area contributed by atoms with E-state index in [9.17, 15) is 14.4 Å².